The molecular formula is C28H31N5O4. The Kier molecular flexibility index (Phi) is 7.45. The summed E-state index contributed by atoms with van der Waals surface area (Å²) in [5.74, 6) is 1.22. The number of hydrogen-bond donors (Lipinski definition) is 2. The number of hydrogen-bond acceptors (Lipinski definition) is 6. The van der Waals surface area contributed by atoms with Crippen molar-refractivity contribution in [3.05, 3.63) is 86.5 Å². The molecule has 0 saturated heterocycles. The zero-order chi connectivity index (χ0) is 26.7. The summed E-state index contributed by atoms with van der Waals surface area (Å²) in [6.45, 7) is 4.91. The first-order valence-electron chi connectivity index (χ1n) is 11.8. The fourth-order valence-corrected chi connectivity index (χ4v) is 4.18. The quantitative estimate of drug-likeness (QED) is 0.282. The van der Waals surface area contributed by atoms with Crippen molar-refractivity contribution in [2.45, 2.75) is 13.8 Å². The smallest absolute Gasteiger partial charge is 0.274 e. The average Bonchev–Trinajstić information content (AvgIpc) is 3.31. The molecule has 3 heterocycles. The van der Waals surface area contributed by atoms with E-state index < -0.39 is 0 Å². The summed E-state index contributed by atoms with van der Waals surface area (Å²) < 4.78 is 14.4. The van der Waals surface area contributed by atoms with Crippen molar-refractivity contribution < 1.29 is 9.47 Å². The Bertz CT molecular complexity index is 1620. The highest BCUT2D eigenvalue weighted by atomic mass is 16.5. The zero-order valence-corrected chi connectivity index (χ0v) is 21.7. The maximum atomic E-state index is 13.1. The third kappa shape index (κ3) is 5.12. The van der Waals surface area contributed by atoms with Crippen molar-refractivity contribution in [2.24, 2.45) is 24.8 Å². The Morgan fingerprint density at radius 2 is 1.81 bits per heavy atom. The number of pyridine rings is 2. The van der Waals surface area contributed by atoms with E-state index in [-0.39, 0.29) is 11.1 Å². The first-order valence-corrected chi connectivity index (χ1v) is 11.8. The van der Waals surface area contributed by atoms with Gasteiger partial charge in [-0.1, -0.05) is 18.2 Å². The lowest BCUT2D eigenvalue weighted by atomic mass is 10.0. The van der Waals surface area contributed by atoms with Gasteiger partial charge in [-0.25, -0.2) is 0 Å². The van der Waals surface area contributed by atoms with Gasteiger partial charge < -0.3 is 29.3 Å². The van der Waals surface area contributed by atoms with E-state index in [2.05, 4.69) is 9.98 Å². The van der Waals surface area contributed by atoms with Crippen LogP contribution in [0.2, 0.25) is 0 Å². The fraction of sp³-hybridized carbons (Fsp3) is 0.250. The molecule has 0 atom stereocenters. The Labute approximate surface area is 214 Å². The number of benzene rings is 1. The van der Waals surface area contributed by atoms with Gasteiger partial charge in [-0.3, -0.25) is 14.6 Å². The molecular weight excluding hydrogens is 470 g/mol. The van der Waals surface area contributed by atoms with E-state index in [1.54, 1.807) is 39.8 Å². The van der Waals surface area contributed by atoms with Gasteiger partial charge in [0.15, 0.2) is 5.75 Å². The van der Waals surface area contributed by atoms with Crippen molar-refractivity contribution in [2.75, 3.05) is 20.3 Å². The lowest BCUT2D eigenvalue weighted by molar-refractivity contribution is 0.208. The monoisotopic (exact) mass is 501 g/mol. The number of aromatic nitrogens is 3. The number of H-pyrrole nitrogens is 1. The van der Waals surface area contributed by atoms with Crippen LogP contribution < -0.4 is 21.6 Å². The van der Waals surface area contributed by atoms with E-state index in [0.29, 0.717) is 52.2 Å². The summed E-state index contributed by atoms with van der Waals surface area (Å²) in [5.41, 5.74) is 10.3. The number of para-hydroxylation sites is 1. The van der Waals surface area contributed by atoms with E-state index >= 15 is 0 Å². The van der Waals surface area contributed by atoms with E-state index in [9.17, 15) is 9.59 Å². The molecule has 3 N–H and O–H groups in total. The number of methoxy groups -OCH3 is 1. The van der Waals surface area contributed by atoms with Crippen LogP contribution in [0.15, 0.2) is 63.5 Å². The summed E-state index contributed by atoms with van der Waals surface area (Å²) in [7, 11) is 4.96. The second kappa shape index (κ2) is 10.7. The van der Waals surface area contributed by atoms with Crippen LogP contribution in [0.25, 0.3) is 27.6 Å². The number of fused-ring (bicyclic) bond motifs is 1. The number of nitrogens with two attached hydrogens (primary N) is 1. The molecule has 0 spiro atoms. The van der Waals surface area contributed by atoms with E-state index in [1.165, 1.54) is 21.4 Å². The Hall–Kier alpha value is -4.37. The van der Waals surface area contributed by atoms with Crippen molar-refractivity contribution in [1.29, 1.82) is 0 Å². The average molecular weight is 502 g/mol. The number of aliphatic imine (C=N–C) groups is 1. The Morgan fingerprint density at radius 3 is 2.49 bits per heavy atom. The molecule has 37 heavy (non-hydrogen) atoms. The maximum absolute atomic E-state index is 13.1. The number of aromatic amines is 1. The highest BCUT2D eigenvalue weighted by molar-refractivity contribution is 6.11. The lowest BCUT2D eigenvalue weighted by Gasteiger charge is -2.17. The van der Waals surface area contributed by atoms with Gasteiger partial charge in [-0.05, 0) is 31.0 Å². The summed E-state index contributed by atoms with van der Waals surface area (Å²) in [6, 6.07) is 9.29. The number of ether oxygens (including phenoxy) is 2. The molecule has 0 amide bonds. The third-order valence-corrected chi connectivity index (χ3v) is 6.21. The standard InChI is InChI=1S/C28H31N5O4/c1-17-7-6-8-18(2)27(17)37-24-16-32(3)25(34)12-20(24)22-15-33(4)28(35)26-21(22)11-23(31-26)19(13-29)14-30-9-10-36-5/h6-8,11-16,31H,9-10,29H2,1-5H3. The molecule has 192 valence electrons. The van der Waals surface area contributed by atoms with Crippen LogP contribution in [0.3, 0.4) is 0 Å². The molecule has 0 aliphatic rings. The summed E-state index contributed by atoms with van der Waals surface area (Å²) in [5, 5.41) is 0.641. The van der Waals surface area contributed by atoms with Gasteiger partial charge in [0.1, 0.15) is 11.3 Å². The molecule has 4 aromatic rings. The Morgan fingerprint density at radius 1 is 1.08 bits per heavy atom. The van der Waals surface area contributed by atoms with Crippen molar-refractivity contribution in [3.8, 4) is 22.6 Å². The molecule has 0 aliphatic carbocycles. The van der Waals surface area contributed by atoms with Crippen LogP contribution in [-0.2, 0) is 18.8 Å². The molecule has 0 bridgehead atoms. The van der Waals surface area contributed by atoms with Crippen LogP contribution in [0.5, 0.6) is 11.5 Å². The minimum absolute atomic E-state index is 0.200. The molecule has 0 fully saturated rings. The van der Waals surface area contributed by atoms with Gasteiger partial charge in [0.05, 0.1) is 19.3 Å². The molecule has 0 aliphatic heterocycles. The first kappa shape index (κ1) is 25.7. The third-order valence-electron chi connectivity index (χ3n) is 6.21. The van der Waals surface area contributed by atoms with Gasteiger partial charge in [0, 0.05) is 73.7 Å². The van der Waals surface area contributed by atoms with E-state index in [0.717, 1.165) is 16.9 Å². The molecule has 9 nitrogen and oxygen atoms in total. The summed E-state index contributed by atoms with van der Waals surface area (Å²) in [4.78, 5) is 33.3. The van der Waals surface area contributed by atoms with E-state index in [1.807, 2.05) is 38.1 Å². The normalized spacial score (nSPS) is 12.1. The molecule has 0 saturated carbocycles. The first-order chi connectivity index (χ1) is 17.7. The maximum Gasteiger partial charge on any atom is 0.274 e. The summed E-state index contributed by atoms with van der Waals surface area (Å²) in [6.07, 6.45) is 6.45. The number of nitrogens with zero attached hydrogens (tertiary/aromatic N) is 3. The molecule has 0 radical (unpaired) electrons. The zero-order valence-electron chi connectivity index (χ0n) is 21.7. The highest BCUT2D eigenvalue weighted by Gasteiger charge is 2.19. The van der Waals surface area contributed by atoms with Gasteiger partial charge in [-0.15, -0.1) is 0 Å². The minimum Gasteiger partial charge on any atom is -0.455 e. The van der Waals surface area contributed by atoms with Crippen molar-refractivity contribution in [3.63, 3.8) is 0 Å². The second-order valence-corrected chi connectivity index (χ2v) is 8.90. The minimum atomic E-state index is -0.209. The van der Waals surface area contributed by atoms with Crippen LogP contribution in [0.4, 0.5) is 0 Å². The fourth-order valence-electron chi connectivity index (χ4n) is 4.18. The van der Waals surface area contributed by atoms with Gasteiger partial charge >= 0.3 is 0 Å². The number of aryl methyl sites for hydroxylation is 4. The van der Waals surface area contributed by atoms with Gasteiger partial charge in [0.25, 0.3) is 11.1 Å². The summed E-state index contributed by atoms with van der Waals surface area (Å²) >= 11 is 0. The van der Waals surface area contributed by atoms with Crippen LogP contribution in [0, 0.1) is 13.8 Å². The Balaban J connectivity index is 1.92. The van der Waals surface area contributed by atoms with E-state index in [4.69, 9.17) is 15.2 Å². The highest BCUT2D eigenvalue weighted by Crippen LogP contribution is 2.38. The molecule has 1 aromatic carbocycles. The largest absolute Gasteiger partial charge is 0.455 e. The predicted octanol–water partition coefficient (Wildman–Crippen LogP) is 3.66. The molecule has 4 rings (SSSR count). The van der Waals surface area contributed by atoms with Crippen molar-refractivity contribution in [1.82, 2.24) is 14.1 Å². The van der Waals surface area contributed by atoms with Gasteiger partial charge in [0.2, 0.25) is 0 Å². The lowest BCUT2D eigenvalue weighted by Crippen LogP contribution is -2.18. The SMILES string of the molecule is COCCN=CC(=CN)c1cc2c(-c3cc(=O)n(C)cc3Oc3c(C)cccc3C)cn(C)c(=O)c2[nH]1. The molecule has 0 unspecified atom stereocenters. The predicted molar refractivity (Wildman–Crippen MR) is 148 cm³/mol. The van der Waals surface area contributed by atoms with Crippen LogP contribution >= 0.6 is 0 Å². The number of rotatable bonds is 8. The van der Waals surface area contributed by atoms with Crippen LogP contribution in [0.1, 0.15) is 16.8 Å². The number of allylic oxidation sites excluding steroid dienone is 1. The molecule has 9 heteroatoms. The topological polar surface area (TPSA) is 117 Å². The molecule has 3 aromatic heterocycles. The van der Waals surface area contributed by atoms with Crippen LogP contribution in [-0.4, -0.2) is 40.6 Å². The second-order valence-electron chi connectivity index (χ2n) is 8.90. The van der Waals surface area contributed by atoms with Gasteiger partial charge in [-0.2, -0.15) is 0 Å². The van der Waals surface area contributed by atoms with Crippen molar-refractivity contribution >= 4 is 22.7 Å². The number of nitrogens with one attached hydrogen (secondary N) is 1.